The molecule has 5 nitrogen and oxygen atoms in total. The highest BCUT2D eigenvalue weighted by molar-refractivity contribution is 5.81. The topological polar surface area (TPSA) is 65.7 Å². The van der Waals surface area contributed by atoms with E-state index in [1.807, 2.05) is 38.1 Å². The molecule has 0 aliphatic carbocycles. The molecule has 0 amide bonds. The fourth-order valence-electron chi connectivity index (χ4n) is 2.97. The number of hydrogen-bond acceptors (Lipinski definition) is 5. The van der Waals surface area contributed by atoms with E-state index in [1.165, 1.54) is 11.8 Å². The fraction of sp³-hybridized carbons (Fsp3) is 0.304. The maximum atomic E-state index is 12.7. The van der Waals surface area contributed by atoms with Crippen molar-refractivity contribution in [2.24, 2.45) is 5.92 Å². The van der Waals surface area contributed by atoms with Crippen molar-refractivity contribution in [2.45, 2.75) is 40.0 Å². The molecule has 0 spiro atoms. The zero-order chi connectivity index (χ0) is 20.1. The van der Waals surface area contributed by atoms with Crippen molar-refractivity contribution in [3.63, 3.8) is 0 Å². The SMILES string of the molecule is CCc1ccc(Oc2coc3cc(OC(=O)C(CC)CC)ccc3c2=O)cc1. The summed E-state index contributed by atoms with van der Waals surface area (Å²) in [7, 11) is 0. The average Bonchev–Trinajstić information content (AvgIpc) is 2.71. The number of aryl methyl sites for hydroxylation is 1. The van der Waals surface area contributed by atoms with E-state index in [0.29, 0.717) is 22.5 Å². The van der Waals surface area contributed by atoms with Gasteiger partial charge >= 0.3 is 5.97 Å². The molecule has 0 saturated carbocycles. The Kier molecular flexibility index (Phi) is 6.14. The number of fused-ring (bicyclic) bond motifs is 1. The smallest absolute Gasteiger partial charge is 0.314 e. The van der Waals surface area contributed by atoms with Crippen LogP contribution in [0, 0.1) is 5.92 Å². The average molecular weight is 380 g/mol. The number of rotatable bonds is 7. The van der Waals surface area contributed by atoms with Gasteiger partial charge in [0.1, 0.15) is 23.3 Å². The van der Waals surface area contributed by atoms with Crippen molar-refractivity contribution in [2.75, 3.05) is 0 Å². The number of ether oxygens (including phenoxy) is 2. The lowest BCUT2D eigenvalue weighted by Gasteiger charge is -2.12. The second-order valence-corrected chi connectivity index (χ2v) is 6.62. The summed E-state index contributed by atoms with van der Waals surface area (Å²) in [5, 5.41) is 0.366. The van der Waals surface area contributed by atoms with E-state index in [2.05, 4.69) is 6.92 Å². The minimum atomic E-state index is -0.279. The second-order valence-electron chi connectivity index (χ2n) is 6.62. The third-order valence-electron chi connectivity index (χ3n) is 4.81. The van der Waals surface area contributed by atoms with Gasteiger partial charge in [-0.1, -0.05) is 32.9 Å². The Morgan fingerprint density at radius 2 is 1.68 bits per heavy atom. The molecule has 2 aromatic carbocycles. The van der Waals surface area contributed by atoms with Gasteiger partial charge in [0.25, 0.3) is 0 Å². The summed E-state index contributed by atoms with van der Waals surface area (Å²) in [5.74, 6) is 0.620. The third-order valence-corrected chi connectivity index (χ3v) is 4.81. The van der Waals surface area contributed by atoms with Crippen molar-refractivity contribution in [1.82, 2.24) is 0 Å². The van der Waals surface area contributed by atoms with E-state index >= 15 is 0 Å². The Balaban J connectivity index is 1.83. The van der Waals surface area contributed by atoms with Crippen molar-refractivity contribution < 1.29 is 18.7 Å². The van der Waals surface area contributed by atoms with Crippen LogP contribution in [0.3, 0.4) is 0 Å². The Bertz CT molecular complexity index is 1010. The molecule has 0 saturated heterocycles. The summed E-state index contributed by atoms with van der Waals surface area (Å²) < 4.78 is 16.7. The van der Waals surface area contributed by atoms with Gasteiger partial charge in [-0.3, -0.25) is 9.59 Å². The second kappa shape index (κ2) is 8.74. The van der Waals surface area contributed by atoms with Gasteiger partial charge in [0.05, 0.1) is 11.3 Å². The van der Waals surface area contributed by atoms with Gasteiger partial charge in [0.15, 0.2) is 0 Å². The van der Waals surface area contributed by atoms with E-state index in [4.69, 9.17) is 13.9 Å². The molecule has 0 N–H and O–H groups in total. The molecule has 5 heteroatoms. The number of hydrogen-bond donors (Lipinski definition) is 0. The molecule has 0 radical (unpaired) electrons. The molecule has 3 rings (SSSR count). The van der Waals surface area contributed by atoms with E-state index in [9.17, 15) is 9.59 Å². The summed E-state index contributed by atoms with van der Waals surface area (Å²) in [4.78, 5) is 24.8. The van der Waals surface area contributed by atoms with Gasteiger partial charge in [-0.25, -0.2) is 0 Å². The lowest BCUT2D eigenvalue weighted by molar-refractivity contribution is -0.139. The first-order valence-corrected chi connectivity index (χ1v) is 9.59. The Morgan fingerprint density at radius 3 is 2.32 bits per heavy atom. The molecule has 0 atom stereocenters. The van der Waals surface area contributed by atoms with E-state index in [0.717, 1.165) is 19.3 Å². The molecular weight excluding hydrogens is 356 g/mol. The Morgan fingerprint density at radius 1 is 1.00 bits per heavy atom. The molecule has 0 aliphatic rings. The largest absolute Gasteiger partial charge is 0.460 e. The van der Waals surface area contributed by atoms with Gasteiger partial charge < -0.3 is 13.9 Å². The quantitative estimate of drug-likeness (QED) is 0.400. The van der Waals surface area contributed by atoms with Gasteiger partial charge in [0, 0.05) is 6.07 Å². The summed E-state index contributed by atoms with van der Waals surface area (Å²) in [6, 6.07) is 12.3. The first-order chi connectivity index (χ1) is 13.5. The maximum Gasteiger partial charge on any atom is 0.314 e. The molecular formula is C23H24O5. The third kappa shape index (κ3) is 4.25. The van der Waals surface area contributed by atoms with Crippen LogP contribution in [0.25, 0.3) is 11.0 Å². The predicted octanol–water partition coefficient (Wildman–Crippen LogP) is 5.49. The fourth-order valence-corrected chi connectivity index (χ4v) is 2.97. The number of benzene rings is 2. The van der Waals surface area contributed by atoms with Gasteiger partial charge in [-0.15, -0.1) is 0 Å². The van der Waals surface area contributed by atoms with Gasteiger partial charge in [0.2, 0.25) is 11.2 Å². The maximum absolute atomic E-state index is 12.7. The van der Waals surface area contributed by atoms with Crippen LogP contribution in [0.15, 0.2) is 57.9 Å². The van der Waals surface area contributed by atoms with E-state index < -0.39 is 0 Å². The molecule has 1 aromatic heterocycles. The van der Waals surface area contributed by atoms with Crippen LogP contribution >= 0.6 is 0 Å². The highest BCUT2D eigenvalue weighted by atomic mass is 16.5. The lowest BCUT2D eigenvalue weighted by Crippen LogP contribution is -2.19. The predicted molar refractivity (Wildman–Crippen MR) is 108 cm³/mol. The highest BCUT2D eigenvalue weighted by Crippen LogP contribution is 2.25. The van der Waals surface area contributed by atoms with Crippen molar-refractivity contribution in [3.05, 3.63) is 64.5 Å². The van der Waals surface area contributed by atoms with Crippen LogP contribution in [0.2, 0.25) is 0 Å². The molecule has 146 valence electrons. The number of carbonyl (C=O) groups is 1. The van der Waals surface area contributed by atoms with Crippen molar-refractivity contribution in [3.8, 4) is 17.2 Å². The minimum absolute atomic E-state index is 0.110. The van der Waals surface area contributed by atoms with Crippen LogP contribution in [-0.4, -0.2) is 5.97 Å². The normalized spacial score (nSPS) is 11.0. The number of esters is 1. The van der Waals surface area contributed by atoms with Crippen LogP contribution in [0.5, 0.6) is 17.2 Å². The molecule has 3 aromatic rings. The number of carbonyl (C=O) groups excluding carboxylic acids is 1. The molecule has 0 bridgehead atoms. The molecule has 0 unspecified atom stereocenters. The standard InChI is InChI=1S/C23H24O5/c1-4-15-7-9-17(10-8-15)27-21-14-26-20-13-18(11-12-19(20)22(21)24)28-23(25)16(5-2)6-3/h7-14,16H,4-6H2,1-3H3. The van der Waals surface area contributed by atoms with E-state index in [-0.39, 0.29) is 23.1 Å². The Labute approximate surface area is 163 Å². The molecule has 28 heavy (non-hydrogen) atoms. The van der Waals surface area contributed by atoms with Gasteiger partial charge in [-0.05, 0) is 49.1 Å². The van der Waals surface area contributed by atoms with Crippen molar-refractivity contribution in [1.29, 1.82) is 0 Å². The Hall–Kier alpha value is -3.08. The first-order valence-electron chi connectivity index (χ1n) is 9.59. The summed E-state index contributed by atoms with van der Waals surface area (Å²) in [5.41, 5.74) is 1.25. The monoisotopic (exact) mass is 380 g/mol. The lowest BCUT2D eigenvalue weighted by atomic mass is 10.0. The zero-order valence-corrected chi connectivity index (χ0v) is 16.4. The van der Waals surface area contributed by atoms with Crippen LogP contribution in [0.1, 0.15) is 39.2 Å². The molecule has 0 aliphatic heterocycles. The summed E-state index contributed by atoms with van der Waals surface area (Å²) in [6.45, 7) is 5.97. The zero-order valence-electron chi connectivity index (χ0n) is 16.4. The summed E-state index contributed by atoms with van der Waals surface area (Å²) in [6.07, 6.45) is 3.66. The minimum Gasteiger partial charge on any atom is -0.460 e. The molecule has 0 fully saturated rings. The highest BCUT2D eigenvalue weighted by Gasteiger charge is 2.17. The van der Waals surface area contributed by atoms with Crippen LogP contribution < -0.4 is 14.9 Å². The van der Waals surface area contributed by atoms with Crippen molar-refractivity contribution >= 4 is 16.9 Å². The van der Waals surface area contributed by atoms with Crippen LogP contribution in [-0.2, 0) is 11.2 Å². The first kappa shape index (κ1) is 19.7. The van der Waals surface area contributed by atoms with E-state index in [1.54, 1.807) is 18.2 Å². The summed E-state index contributed by atoms with van der Waals surface area (Å²) >= 11 is 0. The van der Waals surface area contributed by atoms with Crippen LogP contribution in [0.4, 0.5) is 0 Å². The molecule has 1 heterocycles. The van der Waals surface area contributed by atoms with Gasteiger partial charge in [-0.2, -0.15) is 0 Å².